The molecule has 14 aromatic rings. The minimum absolute atomic E-state index is 0.701. The van der Waals surface area contributed by atoms with Crippen LogP contribution in [0.15, 0.2) is 267 Å². The summed E-state index contributed by atoms with van der Waals surface area (Å²) in [6, 6.07) is 94.1. The molecule has 346 valence electrons. The minimum atomic E-state index is 0.701. The molecular formula is C68H44N6. The van der Waals surface area contributed by atoms with Gasteiger partial charge in [-0.2, -0.15) is 0 Å². The number of aromatic nitrogens is 6. The molecule has 0 bridgehead atoms. The fraction of sp³-hybridized carbons (Fsp3) is 0. The molecule has 0 radical (unpaired) electrons. The van der Waals surface area contributed by atoms with E-state index in [9.17, 15) is 0 Å². The summed E-state index contributed by atoms with van der Waals surface area (Å²) in [7, 11) is 0. The first-order valence-corrected chi connectivity index (χ1v) is 25.0. The smallest absolute Gasteiger partial charge is 0.160 e. The molecule has 6 heteroatoms. The summed E-state index contributed by atoms with van der Waals surface area (Å²) in [5.41, 5.74) is 18.7. The van der Waals surface area contributed by atoms with Crippen LogP contribution in [0.4, 0.5) is 0 Å². The number of fused-ring (bicyclic) bond motifs is 6. The molecule has 0 N–H and O–H groups in total. The lowest BCUT2D eigenvalue weighted by molar-refractivity contribution is 1.17. The lowest BCUT2D eigenvalue weighted by Crippen LogP contribution is -1.97. The van der Waals surface area contributed by atoms with E-state index in [4.69, 9.17) is 19.9 Å². The van der Waals surface area contributed by atoms with Crippen molar-refractivity contribution in [2.24, 2.45) is 0 Å². The molecule has 4 heterocycles. The molecule has 0 unspecified atom stereocenters. The summed E-state index contributed by atoms with van der Waals surface area (Å²) < 4.78 is 4.78. The first kappa shape index (κ1) is 42.8. The highest BCUT2D eigenvalue weighted by Gasteiger charge is 2.18. The predicted molar refractivity (Wildman–Crippen MR) is 304 cm³/mol. The SMILES string of the molecule is c1ccc(-c2cc(-c3ccc(-n4c5ccccc5c5ccc(-c6ccc7c8ccccc8n(-c8ccc(-c9cc(-c%10ccccc%10)nc(-c%10ccccc%10)n9)cc8)c7c6)cc54)cc3)nc(-c3ccccc3)n2)cc1. The number of hydrogen-bond acceptors (Lipinski definition) is 4. The highest BCUT2D eigenvalue weighted by atomic mass is 15.0. The van der Waals surface area contributed by atoms with Gasteiger partial charge in [0.05, 0.1) is 44.8 Å². The van der Waals surface area contributed by atoms with E-state index in [1.54, 1.807) is 0 Å². The zero-order valence-electron chi connectivity index (χ0n) is 40.1. The van der Waals surface area contributed by atoms with Crippen LogP contribution < -0.4 is 0 Å². The molecule has 0 amide bonds. The van der Waals surface area contributed by atoms with Gasteiger partial charge in [-0.3, -0.25) is 0 Å². The van der Waals surface area contributed by atoms with Crippen LogP contribution in [0.3, 0.4) is 0 Å². The van der Waals surface area contributed by atoms with Gasteiger partial charge in [0.1, 0.15) is 0 Å². The Balaban J connectivity index is 0.852. The molecule has 14 rings (SSSR count). The highest BCUT2D eigenvalue weighted by molar-refractivity contribution is 6.12. The maximum Gasteiger partial charge on any atom is 0.160 e. The Morgan fingerprint density at radius 2 is 0.486 bits per heavy atom. The van der Waals surface area contributed by atoms with Crippen LogP contribution >= 0.6 is 0 Å². The first-order chi connectivity index (χ1) is 36.7. The molecule has 0 aliphatic heterocycles. The van der Waals surface area contributed by atoms with Gasteiger partial charge in [0, 0.05) is 66.3 Å². The Kier molecular flexibility index (Phi) is 10.4. The second kappa shape index (κ2) is 18.0. The average molecular weight is 945 g/mol. The van der Waals surface area contributed by atoms with Crippen LogP contribution in [0.25, 0.3) is 134 Å². The molecule has 0 saturated heterocycles. The van der Waals surface area contributed by atoms with Gasteiger partial charge in [-0.1, -0.05) is 206 Å². The maximum absolute atomic E-state index is 5.11. The van der Waals surface area contributed by atoms with E-state index >= 15 is 0 Å². The number of rotatable bonds is 9. The van der Waals surface area contributed by atoms with Gasteiger partial charge in [0.25, 0.3) is 0 Å². The normalized spacial score (nSPS) is 11.5. The Labute approximate surface area is 427 Å². The molecule has 0 aliphatic rings. The van der Waals surface area contributed by atoms with Gasteiger partial charge in [-0.05, 0) is 71.8 Å². The third-order valence-electron chi connectivity index (χ3n) is 14.2. The molecule has 0 fully saturated rings. The molecule has 0 saturated carbocycles. The van der Waals surface area contributed by atoms with Crippen molar-refractivity contribution in [2.45, 2.75) is 0 Å². The van der Waals surface area contributed by atoms with E-state index in [-0.39, 0.29) is 0 Å². The van der Waals surface area contributed by atoms with E-state index in [0.717, 1.165) is 101 Å². The van der Waals surface area contributed by atoms with Crippen molar-refractivity contribution < 1.29 is 0 Å². The molecule has 0 atom stereocenters. The summed E-state index contributed by atoms with van der Waals surface area (Å²) in [6.07, 6.45) is 0. The molecule has 10 aromatic carbocycles. The molecule has 6 nitrogen and oxygen atoms in total. The van der Waals surface area contributed by atoms with E-state index in [2.05, 4.69) is 203 Å². The number of nitrogens with zero attached hydrogens (tertiary/aromatic N) is 6. The Morgan fingerprint density at radius 1 is 0.203 bits per heavy atom. The van der Waals surface area contributed by atoms with Crippen molar-refractivity contribution in [2.75, 3.05) is 0 Å². The third-order valence-corrected chi connectivity index (χ3v) is 14.2. The monoisotopic (exact) mass is 944 g/mol. The van der Waals surface area contributed by atoms with Crippen molar-refractivity contribution in [3.8, 4) is 90.3 Å². The van der Waals surface area contributed by atoms with Gasteiger partial charge in [0.2, 0.25) is 0 Å². The average Bonchev–Trinajstić information content (AvgIpc) is 4.00. The summed E-state index contributed by atoms with van der Waals surface area (Å²) in [5.74, 6) is 1.40. The Morgan fingerprint density at radius 3 is 0.851 bits per heavy atom. The molecule has 0 aliphatic carbocycles. The second-order valence-electron chi connectivity index (χ2n) is 18.7. The van der Waals surface area contributed by atoms with Crippen LogP contribution in [-0.4, -0.2) is 29.1 Å². The fourth-order valence-electron chi connectivity index (χ4n) is 10.6. The number of para-hydroxylation sites is 2. The summed E-state index contributed by atoms with van der Waals surface area (Å²) in [6.45, 7) is 0. The van der Waals surface area contributed by atoms with Gasteiger partial charge >= 0.3 is 0 Å². The van der Waals surface area contributed by atoms with Crippen LogP contribution in [0.1, 0.15) is 0 Å². The predicted octanol–water partition coefficient (Wildman–Crippen LogP) is 17.1. The van der Waals surface area contributed by atoms with Gasteiger partial charge in [0.15, 0.2) is 11.6 Å². The zero-order chi connectivity index (χ0) is 49.0. The van der Waals surface area contributed by atoms with Crippen molar-refractivity contribution >= 4 is 43.6 Å². The lowest BCUT2D eigenvalue weighted by atomic mass is 10.0. The van der Waals surface area contributed by atoms with E-state index < -0.39 is 0 Å². The molecule has 74 heavy (non-hydrogen) atoms. The molecular weight excluding hydrogens is 901 g/mol. The minimum Gasteiger partial charge on any atom is -0.309 e. The van der Waals surface area contributed by atoms with Crippen molar-refractivity contribution in [3.05, 3.63) is 267 Å². The summed E-state index contributed by atoms with van der Waals surface area (Å²) in [4.78, 5) is 20.3. The lowest BCUT2D eigenvalue weighted by Gasteiger charge is -2.12. The third kappa shape index (κ3) is 7.61. The number of hydrogen-bond donors (Lipinski definition) is 0. The largest absolute Gasteiger partial charge is 0.309 e. The van der Waals surface area contributed by atoms with Gasteiger partial charge in [-0.15, -0.1) is 0 Å². The standard InChI is InChI=1S/C68H44N6/c1-5-17-45(18-6-1)59-43-61(71-67(69-59)49-21-9-3-10-22-49)47-29-35-53(36-30-47)73-63-27-15-13-25-55(63)57-39-33-51(41-65(57)73)52-34-40-58-56-26-14-16-28-64(56)74(66(58)42-52)54-37-31-48(32-38-54)62-44-60(46-19-7-2-8-20-46)70-68(72-62)50-23-11-4-12-24-50/h1-44H. The topological polar surface area (TPSA) is 61.4 Å². The van der Waals surface area contributed by atoms with Gasteiger partial charge in [-0.25, -0.2) is 19.9 Å². The molecule has 0 spiro atoms. The van der Waals surface area contributed by atoms with E-state index in [0.29, 0.717) is 11.6 Å². The summed E-state index contributed by atoms with van der Waals surface area (Å²) >= 11 is 0. The Bertz CT molecular complexity index is 3970. The van der Waals surface area contributed by atoms with Crippen LogP contribution in [0, 0.1) is 0 Å². The number of benzene rings is 10. The Hall–Kier alpha value is -10.0. The van der Waals surface area contributed by atoms with Crippen molar-refractivity contribution in [1.29, 1.82) is 0 Å². The van der Waals surface area contributed by atoms with Crippen LogP contribution in [0.2, 0.25) is 0 Å². The van der Waals surface area contributed by atoms with E-state index in [1.165, 1.54) is 21.5 Å². The van der Waals surface area contributed by atoms with E-state index in [1.807, 2.05) is 72.8 Å². The van der Waals surface area contributed by atoms with Crippen molar-refractivity contribution in [3.63, 3.8) is 0 Å². The quantitative estimate of drug-likeness (QED) is 0.145. The summed E-state index contributed by atoms with van der Waals surface area (Å²) in [5, 5.41) is 4.83. The first-order valence-electron chi connectivity index (χ1n) is 25.0. The van der Waals surface area contributed by atoms with Crippen LogP contribution in [0.5, 0.6) is 0 Å². The van der Waals surface area contributed by atoms with Gasteiger partial charge < -0.3 is 9.13 Å². The highest BCUT2D eigenvalue weighted by Crippen LogP contribution is 2.39. The molecule has 4 aromatic heterocycles. The second-order valence-corrected chi connectivity index (χ2v) is 18.7. The zero-order valence-corrected chi connectivity index (χ0v) is 40.1. The van der Waals surface area contributed by atoms with Crippen LogP contribution in [-0.2, 0) is 0 Å². The van der Waals surface area contributed by atoms with Crippen molar-refractivity contribution in [1.82, 2.24) is 29.1 Å². The fourth-order valence-corrected chi connectivity index (χ4v) is 10.6. The maximum atomic E-state index is 5.11.